The molecule has 4 aromatic rings. The average Bonchev–Trinajstić information content (AvgIpc) is 2.90. The summed E-state index contributed by atoms with van der Waals surface area (Å²) in [5.41, 5.74) is 3.24. The molecule has 0 bridgehead atoms. The molecular formula is C29H26N6O2. The molecule has 1 atom stereocenters. The molecule has 0 radical (unpaired) electrons. The van der Waals surface area contributed by atoms with Gasteiger partial charge in [0.2, 0.25) is 0 Å². The Morgan fingerprint density at radius 3 is 2.84 bits per heavy atom. The van der Waals surface area contributed by atoms with Crippen LogP contribution in [0.25, 0.3) is 22.2 Å². The molecule has 184 valence electrons. The zero-order valence-electron chi connectivity index (χ0n) is 20.6. The number of anilines is 1. The van der Waals surface area contributed by atoms with Gasteiger partial charge in [0.05, 0.1) is 31.5 Å². The number of carbonyl (C=O) groups excluding carboxylic acids is 1. The molecule has 0 saturated carbocycles. The first kappa shape index (κ1) is 23.1. The van der Waals surface area contributed by atoms with Crippen molar-refractivity contribution in [3.63, 3.8) is 0 Å². The van der Waals surface area contributed by atoms with Crippen LogP contribution in [0.5, 0.6) is 0 Å². The molecule has 2 aromatic carbocycles. The van der Waals surface area contributed by atoms with Crippen molar-refractivity contribution in [2.75, 3.05) is 24.6 Å². The number of nitrogens with one attached hydrogen (secondary N) is 1. The summed E-state index contributed by atoms with van der Waals surface area (Å²) in [7, 11) is 0. The molecule has 2 aliphatic heterocycles. The summed E-state index contributed by atoms with van der Waals surface area (Å²) in [6.07, 6.45) is 4.82. The summed E-state index contributed by atoms with van der Waals surface area (Å²) < 4.78 is 5.56. The monoisotopic (exact) mass is 490 g/mol. The SMILES string of the molecule is C[C@@]1(C#N)COCc2ccc(C(=O)NCc3cc4cc(-c5nccc(N6CCC6)n5)ccc4cn3)cc21. The summed E-state index contributed by atoms with van der Waals surface area (Å²) in [6.45, 7) is 4.96. The van der Waals surface area contributed by atoms with Crippen LogP contribution in [0, 0.1) is 11.3 Å². The minimum Gasteiger partial charge on any atom is -0.375 e. The lowest BCUT2D eigenvalue weighted by molar-refractivity contribution is 0.0757. The predicted octanol–water partition coefficient (Wildman–Crippen LogP) is 4.14. The average molecular weight is 491 g/mol. The maximum Gasteiger partial charge on any atom is 0.251 e. The third-order valence-electron chi connectivity index (χ3n) is 7.15. The summed E-state index contributed by atoms with van der Waals surface area (Å²) in [4.78, 5) is 28.9. The molecule has 1 fully saturated rings. The highest BCUT2D eigenvalue weighted by atomic mass is 16.5. The van der Waals surface area contributed by atoms with E-state index in [4.69, 9.17) is 9.72 Å². The van der Waals surface area contributed by atoms with E-state index in [0.29, 0.717) is 24.6 Å². The van der Waals surface area contributed by atoms with E-state index in [1.54, 1.807) is 12.3 Å². The second-order valence-electron chi connectivity index (χ2n) is 9.81. The summed E-state index contributed by atoms with van der Waals surface area (Å²) in [5, 5.41) is 14.6. The smallest absolute Gasteiger partial charge is 0.251 e. The van der Waals surface area contributed by atoms with Gasteiger partial charge in [-0.15, -0.1) is 0 Å². The van der Waals surface area contributed by atoms with Crippen LogP contribution in [-0.4, -0.2) is 40.6 Å². The van der Waals surface area contributed by atoms with Crippen LogP contribution in [0.3, 0.4) is 0 Å². The van der Waals surface area contributed by atoms with Crippen molar-refractivity contribution in [3.05, 3.63) is 83.3 Å². The lowest BCUT2D eigenvalue weighted by Crippen LogP contribution is -2.37. The lowest BCUT2D eigenvalue weighted by atomic mass is 9.79. The van der Waals surface area contributed by atoms with Crippen LogP contribution >= 0.6 is 0 Å². The summed E-state index contributed by atoms with van der Waals surface area (Å²) >= 11 is 0. The van der Waals surface area contributed by atoms with Crippen LogP contribution in [0.15, 0.2) is 60.9 Å². The van der Waals surface area contributed by atoms with E-state index < -0.39 is 5.41 Å². The molecular weight excluding hydrogens is 464 g/mol. The van der Waals surface area contributed by atoms with Crippen LogP contribution in [-0.2, 0) is 23.3 Å². The van der Waals surface area contributed by atoms with Gasteiger partial charge in [-0.25, -0.2) is 9.97 Å². The van der Waals surface area contributed by atoms with Crippen LogP contribution in [0.2, 0.25) is 0 Å². The first-order valence-electron chi connectivity index (χ1n) is 12.4. The first-order chi connectivity index (χ1) is 18.0. The highest BCUT2D eigenvalue weighted by molar-refractivity contribution is 5.94. The Morgan fingerprint density at radius 2 is 2.03 bits per heavy atom. The molecule has 1 amide bonds. The Morgan fingerprint density at radius 1 is 1.14 bits per heavy atom. The highest BCUT2D eigenvalue weighted by Crippen LogP contribution is 2.32. The zero-order chi connectivity index (χ0) is 25.4. The minimum absolute atomic E-state index is 0.207. The number of nitriles is 1. The van der Waals surface area contributed by atoms with Crippen molar-refractivity contribution >= 4 is 22.5 Å². The molecule has 4 heterocycles. The largest absolute Gasteiger partial charge is 0.375 e. The van der Waals surface area contributed by atoms with Gasteiger partial charge in [0.15, 0.2) is 5.82 Å². The number of ether oxygens (including phenoxy) is 1. The number of aromatic nitrogens is 3. The molecule has 0 aliphatic carbocycles. The quantitative estimate of drug-likeness (QED) is 0.448. The van der Waals surface area contributed by atoms with Gasteiger partial charge in [0, 0.05) is 42.0 Å². The van der Waals surface area contributed by atoms with Gasteiger partial charge in [-0.3, -0.25) is 9.78 Å². The molecule has 2 aliphatic rings. The third kappa shape index (κ3) is 4.39. The number of carbonyl (C=O) groups is 1. The van der Waals surface area contributed by atoms with Gasteiger partial charge in [0.25, 0.3) is 5.91 Å². The molecule has 1 N–H and O–H groups in total. The Hall–Kier alpha value is -4.35. The number of amides is 1. The molecule has 8 heteroatoms. The zero-order valence-corrected chi connectivity index (χ0v) is 20.6. The van der Waals surface area contributed by atoms with Crippen molar-refractivity contribution in [1.29, 1.82) is 5.26 Å². The number of benzene rings is 2. The van der Waals surface area contributed by atoms with Crippen LogP contribution in [0.1, 0.15) is 40.5 Å². The van der Waals surface area contributed by atoms with E-state index in [2.05, 4.69) is 32.3 Å². The second-order valence-corrected chi connectivity index (χ2v) is 9.81. The van der Waals surface area contributed by atoms with Crippen molar-refractivity contribution in [2.45, 2.75) is 31.9 Å². The fraction of sp³-hybridized carbons (Fsp3) is 0.276. The van der Waals surface area contributed by atoms with Gasteiger partial charge >= 0.3 is 0 Å². The normalized spacial score (nSPS) is 18.5. The number of hydrogen-bond donors (Lipinski definition) is 1. The van der Waals surface area contributed by atoms with Gasteiger partial charge in [-0.2, -0.15) is 5.26 Å². The van der Waals surface area contributed by atoms with Gasteiger partial charge < -0.3 is 15.0 Å². The third-order valence-corrected chi connectivity index (χ3v) is 7.15. The minimum atomic E-state index is -0.764. The van der Waals surface area contributed by atoms with Gasteiger partial charge in [0.1, 0.15) is 11.2 Å². The number of hydrogen-bond acceptors (Lipinski definition) is 7. The number of nitrogens with zero attached hydrogens (tertiary/aromatic N) is 5. The topological polar surface area (TPSA) is 104 Å². The van der Waals surface area contributed by atoms with E-state index in [1.165, 1.54) is 6.42 Å². The van der Waals surface area contributed by atoms with Crippen molar-refractivity contribution in [1.82, 2.24) is 20.3 Å². The fourth-order valence-corrected chi connectivity index (χ4v) is 4.80. The molecule has 37 heavy (non-hydrogen) atoms. The van der Waals surface area contributed by atoms with Gasteiger partial charge in [-0.1, -0.05) is 18.2 Å². The highest BCUT2D eigenvalue weighted by Gasteiger charge is 2.33. The molecule has 0 unspecified atom stereocenters. The summed E-state index contributed by atoms with van der Waals surface area (Å²) in [5.74, 6) is 1.45. The fourth-order valence-electron chi connectivity index (χ4n) is 4.80. The van der Waals surface area contributed by atoms with Crippen molar-refractivity contribution in [2.24, 2.45) is 0 Å². The van der Waals surface area contributed by atoms with E-state index in [0.717, 1.165) is 52.1 Å². The van der Waals surface area contributed by atoms with Gasteiger partial charge in [-0.05, 0) is 60.2 Å². The second kappa shape index (κ2) is 9.26. The number of fused-ring (bicyclic) bond motifs is 2. The molecule has 0 spiro atoms. The first-order valence-corrected chi connectivity index (χ1v) is 12.4. The van der Waals surface area contributed by atoms with Crippen molar-refractivity contribution < 1.29 is 9.53 Å². The Labute approximate surface area is 215 Å². The molecule has 2 aromatic heterocycles. The lowest BCUT2D eigenvalue weighted by Gasteiger charge is -2.31. The Bertz CT molecular complexity index is 1560. The standard InChI is InChI=1S/C29H26N6O2/c1-29(17-30)18-37-16-22-6-4-20(13-25(22)29)28(36)33-15-24-12-23-11-19(3-5-21(23)14-32-24)27-31-8-7-26(34-27)35-9-2-10-35/h3-8,11-14H,2,9-10,15-16,18H2,1H3,(H,33,36)/t29-/m1/s1. The molecule has 6 rings (SSSR count). The van der Waals surface area contributed by atoms with Crippen LogP contribution < -0.4 is 10.2 Å². The summed E-state index contributed by atoms with van der Waals surface area (Å²) in [6, 6.07) is 17.8. The van der Waals surface area contributed by atoms with E-state index in [-0.39, 0.29) is 12.5 Å². The van der Waals surface area contributed by atoms with Crippen LogP contribution in [0.4, 0.5) is 5.82 Å². The molecule has 1 saturated heterocycles. The maximum absolute atomic E-state index is 12.9. The predicted molar refractivity (Wildman–Crippen MR) is 140 cm³/mol. The van der Waals surface area contributed by atoms with E-state index in [1.807, 2.05) is 49.5 Å². The number of rotatable bonds is 5. The Kier molecular flexibility index (Phi) is 5.78. The molecule has 8 nitrogen and oxygen atoms in total. The van der Waals surface area contributed by atoms with E-state index >= 15 is 0 Å². The Balaban J connectivity index is 1.20. The maximum atomic E-state index is 12.9. The van der Waals surface area contributed by atoms with Crippen molar-refractivity contribution in [3.8, 4) is 17.5 Å². The van der Waals surface area contributed by atoms with E-state index in [9.17, 15) is 10.1 Å². The number of pyridine rings is 1.